The maximum absolute atomic E-state index is 8.88. The Bertz CT molecular complexity index is 369. The van der Waals surface area contributed by atoms with E-state index >= 15 is 0 Å². The Morgan fingerprint density at radius 3 is 2.74 bits per heavy atom. The van der Waals surface area contributed by atoms with Crippen LogP contribution in [0.3, 0.4) is 0 Å². The van der Waals surface area contributed by atoms with Crippen molar-refractivity contribution in [1.29, 1.82) is 0 Å². The van der Waals surface area contributed by atoms with E-state index in [0.717, 1.165) is 31.2 Å². The monoisotopic (exact) mass is 261 g/mol. The van der Waals surface area contributed by atoms with Crippen LogP contribution in [0.25, 0.3) is 0 Å². The van der Waals surface area contributed by atoms with E-state index in [1.165, 1.54) is 36.9 Å². The topological polar surface area (TPSA) is 32.3 Å². The van der Waals surface area contributed by atoms with Crippen molar-refractivity contribution in [3.05, 3.63) is 29.8 Å². The minimum absolute atomic E-state index is 0.276. The summed E-state index contributed by atoms with van der Waals surface area (Å²) in [4.78, 5) is 0. The van der Waals surface area contributed by atoms with Gasteiger partial charge >= 0.3 is 0 Å². The Hall–Kier alpha value is -1.02. The first kappa shape index (κ1) is 14.4. The molecule has 1 aliphatic rings. The van der Waals surface area contributed by atoms with Gasteiger partial charge in [0.2, 0.25) is 0 Å². The van der Waals surface area contributed by atoms with Gasteiger partial charge in [-0.05, 0) is 55.2 Å². The predicted octanol–water partition coefficient (Wildman–Crippen LogP) is 3.85. The number of aliphatic hydroxyl groups is 1. The van der Waals surface area contributed by atoms with E-state index in [9.17, 15) is 0 Å². The predicted molar refractivity (Wildman–Crippen MR) is 81.5 cm³/mol. The molecule has 0 radical (unpaired) electrons. The zero-order valence-electron chi connectivity index (χ0n) is 12.1. The summed E-state index contributed by atoms with van der Waals surface area (Å²) in [5.74, 6) is 1.77. The number of aliphatic hydroxyl groups excluding tert-OH is 1. The fourth-order valence-corrected chi connectivity index (χ4v) is 2.92. The van der Waals surface area contributed by atoms with Gasteiger partial charge < -0.3 is 10.4 Å². The third kappa shape index (κ3) is 4.87. The molecule has 2 N–H and O–H groups in total. The van der Waals surface area contributed by atoms with Gasteiger partial charge in [0.15, 0.2) is 0 Å². The molecule has 0 unspecified atom stereocenters. The van der Waals surface area contributed by atoms with Crippen molar-refractivity contribution in [2.24, 2.45) is 11.8 Å². The molecule has 1 fully saturated rings. The number of anilines is 1. The molecule has 106 valence electrons. The van der Waals surface area contributed by atoms with Gasteiger partial charge in [0.25, 0.3) is 0 Å². The fourth-order valence-electron chi connectivity index (χ4n) is 2.92. The highest BCUT2D eigenvalue weighted by Crippen LogP contribution is 2.28. The maximum Gasteiger partial charge on any atom is 0.0434 e. The third-order valence-electron chi connectivity index (χ3n) is 4.28. The molecule has 2 nitrogen and oxygen atoms in total. The van der Waals surface area contributed by atoms with Crippen LogP contribution >= 0.6 is 0 Å². The normalized spacial score (nSPS) is 23.3. The first-order valence-corrected chi connectivity index (χ1v) is 7.71. The van der Waals surface area contributed by atoms with Gasteiger partial charge in [-0.1, -0.05) is 31.9 Å². The van der Waals surface area contributed by atoms with E-state index < -0.39 is 0 Å². The Morgan fingerprint density at radius 2 is 2.00 bits per heavy atom. The summed E-state index contributed by atoms with van der Waals surface area (Å²) < 4.78 is 0. The minimum Gasteiger partial charge on any atom is -0.396 e. The average molecular weight is 261 g/mol. The van der Waals surface area contributed by atoms with Gasteiger partial charge in [-0.2, -0.15) is 0 Å². The summed E-state index contributed by atoms with van der Waals surface area (Å²) in [5, 5.41) is 12.5. The number of hydrogen-bond donors (Lipinski definition) is 2. The number of benzene rings is 1. The lowest BCUT2D eigenvalue weighted by atomic mass is 9.83. The van der Waals surface area contributed by atoms with Crippen molar-refractivity contribution in [3.8, 4) is 0 Å². The Kier molecular flexibility index (Phi) is 5.71. The van der Waals surface area contributed by atoms with Gasteiger partial charge in [-0.3, -0.25) is 0 Å². The van der Waals surface area contributed by atoms with Crippen LogP contribution in [0.4, 0.5) is 5.69 Å². The second-order valence-electron chi connectivity index (χ2n) is 6.03. The van der Waals surface area contributed by atoms with Crippen molar-refractivity contribution in [2.45, 2.75) is 45.4 Å². The summed E-state index contributed by atoms with van der Waals surface area (Å²) in [6.45, 7) is 3.75. The molecule has 2 rings (SSSR count). The third-order valence-corrected chi connectivity index (χ3v) is 4.28. The molecular formula is C17H27NO. The number of hydrogen-bond acceptors (Lipinski definition) is 2. The van der Waals surface area contributed by atoms with E-state index in [-0.39, 0.29) is 6.61 Å². The molecule has 0 aromatic heterocycles. The van der Waals surface area contributed by atoms with E-state index in [4.69, 9.17) is 5.11 Å². The number of nitrogens with one attached hydrogen (secondary N) is 1. The van der Waals surface area contributed by atoms with Crippen LogP contribution in [0.2, 0.25) is 0 Å². The fraction of sp³-hybridized carbons (Fsp3) is 0.647. The SMILES string of the molecule is CC1CCC(CNc2cccc(CCCO)c2)CC1. The quantitative estimate of drug-likeness (QED) is 0.815. The molecule has 0 aliphatic heterocycles. The highest BCUT2D eigenvalue weighted by atomic mass is 16.2. The van der Waals surface area contributed by atoms with Crippen LogP contribution in [0.15, 0.2) is 24.3 Å². The Morgan fingerprint density at radius 1 is 1.21 bits per heavy atom. The summed E-state index contributed by atoms with van der Waals surface area (Å²) in [6.07, 6.45) is 7.35. The van der Waals surface area contributed by atoms with Crippen molar-refractivity contribution in [1.82, 2.24) is 0 Å². The van der Waals surface area contributed by atoms with Crippen LogP contribution < -0.4 is 5.32 Å². The standard InChI is InChI=1S/C17H27NO/c1-14-7-9-16(10-8-14)13-18-17-6-2-4-15(12-17)5-3-11-19/h2,4,6,12,14,16,18-19H,3,5,7-11,13H2,1H3. The van der Waals surface area contributed by atoms with Crippen LogP contribution in [0.5, 0.6) is 0 Å². The molecule has 2 heteroatoms. The van der Waals surface area contributed by atoms with E-state index in [0.29, 0.717) is 0 Å². The van der Waals surface area contributed by atoms with Gasteiger partial charge in [0.05, 0.1) is 0 Å². The van der Waals surface area contributed by atoms with Crippen LogP contribution in [-0.4, -0.2) is 18.3 Å². The van der Waals surface area contributed by atoms with E-state index in [2.05, 4.69) is 36.5 Å². The molecule has 0 spiro atoms. The highest BCUT2D eigenvalue weighted by Gasteiger charge is 2.17. The molecule has 1 aromatic rings. The van der Waals surface area contributed by atoms with Crippen LogP contribution in [-0.2, 0) is 6.42 Å². The molecule has 0 heterocycles. The molecule has 0 bridgehead atoms. The summed E-state index contributed by atoms with van der Waals surface area (Å²) in [6, 6.07) is 8.62. The smallest absolute Gasteiger partial charge is 0.0434 e. The average Bonchev–Trinajstić information content (AvgIpc) is 2.45. The maximum atomic E-state index is 8.88. The van der Waals surface area contributed by atoms with E-state index in [1.807, 2.05) is 0 Å². The summed E-state index contributed by atoms with van der Waals surface area (Å²) >= 11 is 0. The van der Waals surface area contributed by atoms with Gasteiger partial charge in [0.1, 0.15) is 0 Å². The Balaban J connectivity index is 1.78. The first-order chi connectivity index (χ1) is 9.28. The van der Waals surface area contributed by atoms with Crippen molar-refractivity contribution < 1.29 is 5.11 Å². The molecule has 1 aromatic carbocycles. The molecule has 1 saturated carbocycles. The molecule has 0 amide bonds. The van der Waals surface area contributed by atoms with Gasteiger partial charge in [-0.25, -0.2) is 0 Å². The zero-order valence-corrected chi connectivity index (χ0v) is 12.1. The number of rotatable bonds is 6. The Labute approximate surface area is 117 Å². The first-order valence-electron chi connectivity index (χ1n) is 7.71. The lowest BCUT2D eigenvalue weighted by Crippen LogP contribution is -2.20. The van der Waals surface area contributed by atoms with Crippen molar-refractivity contribution in [2.75, 3.05) is 18.5 Å². The molecule has 0 saturated heterocycles. The van der Waals surface area contributed by atoms with Gasteiger partial charge in [0, 0.05) is 18.8 Å². The second kappa shape index (κ2) is 7.54. The second-order valence-corrected chi connectivity index (χ2v) is 6.03. The highest BCUT2D eigenvalue weighted by molar-refractivity contribution is 5.45. The summed E-state index contributed by atoms with van der Waals surface area (Å²) in [7, 11) is 0. The lowest BCUT2D eigenvalue weighted by molar-refractivity contribution is 0.288. The van der Waals surface area contributed by atoms with Gasteiger partial charge in [-0.15, -0.1) is 0 Å². The molecule has 1 aliphatic carbocycles. The lowest BCUT2D eigenvalue weighted by Gasteiger charge is -2.26. The molecule has 0 atom stereocenters. The zero-order chi connectivity index (χ0) is 13.5. The number of aryl methyl sites for hydroxylation is 1. The van der Waals surface area contributed by atoms with Crippen molar-refractivity contribution >= 4 is 5.69 Å². The van der Waals surface area contributed by atoms with E-state index in [1.54, 1.807) is 0 Å². The van der Waals surface area contributed by atoms with Crippen molar-refractivity contribution in [3.63, 3.8) is 0 Å². The van der Waals surface area contributed by atoms with Crippen LogP contribution in [0.1, 0.15) is 44.6 Å². The largest absolute Gasteiger partial charge is 0.396 e. The summed E-state index contributed by atoms with van der Waals surface area (Å²) in [5.41, 5.74) is 2.55. The molecular weight excluding hydrogens is 234 g/mol. The van der Waals surface area contributed by atoms with Crippen LogP contribution in [0, 0.1) is 11.8 Å². The molecule has 19 heavy (non-hydrogen) atoms. The minimum atomic E-state index is 0.276.